The van der Waals surface area contributed by atoms with Crippen molar-refractivity contribution >= 4 is 15.9 Å². The molecule has 0 aliphatic rings. The van der Waals surface area contributed by atoms with E-state index in [-0.39, 0.29) is 6.04 Å². The summed E-state index contributed by atoms with van der Waals surface area (Å²) in [6.07, 6.45) is 0.849. The average Bonchev–Trinajstić information content (AvgIpc) is 2.42. The maximum Gasteiger partial charge on any atom is 0.141 e. The number of ether oxygens (including phenoxy) is 2. The first-order valence-corrected chi connectivity index (χ1v) is 7.23. The van der Waals surface area contributed by atoms with Crippen molar-refractivity contribution in [2.75, 3.05) is 7.11 Å². The third-order valence-corrected chi connectivity index (χ3v) is 3.46. The quantitative estimate of drug-likeness (QED) is 0.892. The molecular weight excluding hydrogens is 318 g/mol. The first-order valence-electron chi connectivity index (χ1n) is 6.44. The van der Waals surface area contributed by atoms with Gasteiger partial charge in [0.2, 0.25) is 0 Å². The maximum absolute atomic E-state index is 5.83. The molecule has 2 aromatic rings. The van der Waals surface area contributed by atoms with Gasteiger partial charge in [-0.2, -0.15) is 0 Å². The van der Waals surface area contributed by atoms with Crippen LogP contribution < -0.4 is 15.2 Å². The Bertz CT molecular complexity index is 567. The molecule has 20 heavy (non-hydrogen) atoms. The molecule has 106 valence electrons. The van der Waals surface area contributed by atoms with Crippen molar-refractivity contribution in [3.05, 3.63) is 52.5 Å². The van der Waals surface area contributed by atoms with Crippen molar-refractivity contribution in [1.29, 1.82) is 0 Å². The minimum Gasteiger partial charge on any atom is -0.497 e. The molecule has 2 aromatic carbocycles. The van der Waals surface area contributed by atoms with Gasteiger partial charge in [0.15, 0.2) is 0 Å². The Labute approximate surface area is 127 Å². The van der Waals surface area contributed by atoms with Gasteiger partial charge in [-0.15, -0.1) is 0 Å². The predicted molar refractivity (Wildman–Crippen MR) is 84.6 cm³/mol. The highest BCUT2D eigenvalue weighted by molar-refractivity contribution is 9.10. The number of halogens is 1. The van der Waals surface area contributed by atoms with E-state index in [2.05, 4.69) is 15.9 Å². The molecule has 0 bridgehead atoms. The Balaban J connectivity index is 2.12. The number of rotatable bonds is 5. The summed E-state index contributed by atoms with van der Waals surface area (Å²) in [5.74, 6) is 2.36. The molecule has 3 nitrogen and oxygen atoms in total. The van der Waals surface area contributed by atoms with Crippen molar-refractivity contribution in [3.63, 3.8) is 0 Å². The van der Waals surface area contributed by atoms with Crippen LogP contribution >= 0.6 is 15.9 Å². The van der Waals surface area contributed by atoms with Crippen LogP contribution in [0.15, 0.2) is 46.9 Å². The molecule has 0 aromatic heterocycles. The van der Waals surface area contributed by atoms with Crippen molar-refractivity contribution in [2.45, 2.75) is 19.4 Å². The highest BCUT2D eigenvalue weighted by Gasteiger charge is 2.06. The van der Waals surface area contributed by atoms with E-state index in [1.165, 1.54) is 5.56 Å². The van der Waals surface area contributed by atoms with Gasteiger partial charge in [0.1, 0.15) is 17.2 Å². The van der Waals surface area contributed by atoms with E-state index < -0.39 is 0 Å². The summed E-state index contributed by atoms with van der Waals surface area (Å²) in [5, 5.41) is 0. The van der Waals surface area contributed by atoms with E-state index in [4.69, 9.17) is 15.2 Å². The van der Waals surface area contributed by atoms with Gasteiger partial charge in [0, 0.05) is 6.04 Å². The monoisotopic (exact) mass is 335 g/mol. The van der Waals surface area contributed by atoms with Gasteiger partial charge in [-0.1, -0.05) is 6.07 Å². The van der Waals surface area contributed by atoms with Gasteiger partial charge in [-0.05, 0) is 71.2 Å². The molecule has 0 saturated carbocycles. The van der Waals surface area contributed by atoms with Gasteiger partial charge >= 0.3 is 0 Å². The van der Waals surface area contributed by atoms with Crippen LogP contribution in [-0.4, -0.2) is 13.2 Å². The molecule has 0 aliphatic carbocycles. The molecule has 1 unspecified atom stereocenters. The Hall–Kier alpha value is -1.52. The van der Waals surface area contributed by atoms with Crippen LogP contribution in [-0.2, 0) is 6.42 Å². The smallest absolute Gasteiger partial charge is 0.141 e. The normalized spacial score (nSPS) is 12.0. The van der Waals surface area contributed by atoms with E-state index in [1.807, 2.05) is 49.4 Å². The molecule has 0 amide bonds. The van der Waals surface area contributed by atoms with Crippen LogP contribution in [0.3, 0.4) is 0 Å². The lowest BCUT2D eigenvalue weighted by Crippen LogP contribution is -2.17. The number of nitrogens with two attached hydrogens (primary N) is 1. The van der Waals surface area contributed by atoms with Crippen molar-refractivity contribution in [2.24, 2.45) is 5.73 Å². The van der Waals surface area contributed by atoms with Crippen LogP contribution in [0.4, 0.5) is 0 Å². The minimum absolute atomic E-state index is 0.148. The van der Waals surface area contributed by atoms with E-state index >= 15 is 0 Å². The molecule has 1 atom stereocenters. The zero-order chi connectivity index (χ0) is 14.5. The van der Waals surface area contributed by atoms with Crippen LogP contribution in [0.1, 0.15) is 12.5 Å². The van der Waals surface area contributed by atoms with Crippen LogP contribution in [0.2, 0.25) is 0 Å². The summed E-state index contributed by atoms with van der Waals surface area (Å²) in [5.41, 5.74) is 6.99. The molecule has 0 aliphatic heterocycles. The first kappa shape index (κ1) is 14.9. The summed E-state index contributed by atoms with van der Waals surface area (Å²) in [6.45, 7) is 2.00. The number of methoxy groups -OCH3 is 1. The summed E-state index contributed by atoms with van der Waals surface area (Å²) in [7, 11) is 1.64. The molecule has 2 N–H and O–H groups in total. The Morgan fingerprint density at radius 1 is 1.10 bits per heavy atom. The van der Waals surface area contributed by atoms with Gasteiger partial charge < -0.3 is 15.2 Å². The topological polar surface area (TPSA) is 44.5 Å². The second-order valence-electron chi connectivity index (χ2n) is 4.72. The molecule has 0 fully saturated rings. The molecule has 0 heterocycles. The fourth-order valence-electron chi connectivity index (χ4n) is 1.90. The van der Waals surface area contributed by atoms with Crippen molar-refractivity contribution in [3.8, 4) is 17.2 Å². The molecule has 4 heteroatoms. The lowest BCUT2D eigenvalue weighted by molar-refractivity contribution is 0.412. The second kappa shape index (κ2) is 6.77. The van der Waals surface area contributed by atoms with Gasteiger partial charge in [0.05, 0.1) is 11.6 Å². The first-order chi connectivity index (χ1) is 9.58. The third kappa shape index (κ3) is 3.99. The zero-order valence-corrected chi connectivity index (χ0v) is 13.2. The van der Waals surface area contributed by atoms with E-state index in [9.17, 15) is 0 Å². The Morgan fingerprint density at radius 2 is 1.75 bits per heavy atom. The number of benzene rings is 2. The summed E-state index contributed by atoms with van der Waals surface area (Å²) >= 11 is 3.53. The lowest BCUT2D eigenvalue weighted by Gasteiger charge is -2.11. The molecule has 0 saturated heterocycles. The van der Waals surface area contributed by atoms with Crippen LogP contribution in [0.5, 0.6) is 17.2 Å². The molecule has 0 spiro atoms. The molecular formula is C16H18BrNO2. The fourth-order valence-corrected chi connectivity index (χ4v) is 2.40. The number of hydrogen-bond acceptors (Lipinski definition) is 3. The van der Waals surface area contributed by atoms with Crippen molar-refractivity contribution in [1.82, 2.24) is 0 Å². The van der Waals surface area contributed by atoms with Crippen molar-refractivity contribution < 1.29 is 9.47 Å². The Morgan fingerprint density at radius 3 is 2.30 bits per heavy atom. The second-order valence-corrected chi connectivity index (χ2v) is 5.58. The van der Waals surface area contributed by atoms with E-state index in [1.54, 1.807) is 7.11 Å². The standard InChI is InChI=1S/C16H18BrNO2/c1-11(18)9-12-3-8-16(15(17)10-12)20-14-6-4-13(19-2)5-7-14/h3-8,10-11H,9,18H2,1-2H3. The van der Waals surface area contributed by atoms with Gasteiger partial charge in [-0.25, -0.2) is 0 Å². The predicted octanol–water partition coefficient (Wildman–Crippen LogP) is 4.14. The SMILES string of the molecule is COc1ccc(Oc2ccc(CC(C)N)cc2Br)cc1. The summed E-state index contributed by atoms with van der Waals surface area (Å²) in [6, 6.07) is 13.7. The van der Waals surface area contributed by atoms with Gasteiger partial charge in [0.25, 0.3) is 0 Å². The zero-order valence-electron chi connectivity index (χ0n) is 11.6. The molecule has 2 rings (SSSR count). The Kier molecular flexibility index (Phi) is 5.04. The molecule has 0 radical (unpaired) electrons. The summed E-state index contributed by atoms with van der Waals surface area (Å²) < 4.78 is 11.9. The third-order valence-electron chi connectivity index (χ3n) is 2.84. The van der Waals surface area contributed by atoms with Crippen LogP contribution in [0, 0.1) is 0 Å². The highest BCUT2D eigenvalue weighted by atomic mass is 79.9. The largest absolute Gasteiger partial charge is 0.497 e. The lowest BCUT2D eigenvalue weighted by atomic mass is 10.1. The van der Waals surface area contributed by atoms with E-state index in [0.29, 0.717) is 0 Å². The maximum atomic E-state index is 5.83. The number of hydrogen-bond donors (Lipinski definition) is 1. The minimum atomic E-state index is 0.148. The fraction of sp³-hybridized carbons (Fsp3) is 0.250. The van der Waals surface area contributed by atoms with Gasteiger partial charge in [-0.3, -0.25) is 0 Å². The average molecular weight is 336 g/mol. The highest BCUT2D eigenvalue weighted by Crippen LogP contribution is 2.31. The van der Waals surface area contributed by atoms with Crippen LogP contribution in [0.25, 0.3) is 0 Å². The van der Waals surface area contributed by atoms with E-state index in [0.717, 1.165) is 28.1 Å². The summed E-state index contributed by atoms with van der Waals surface area (Å²) in [4.78, 5) is 0.